The lowest BCUT2D eigenvalue weighted by Gasteiger charge is -2.32. The Hall–Kier alpha value is -3.02. The third kappa shape index (κ3) is 5.02. The number of pyridine rings is 1. The van der Waals surface area contributed by atoms with Crippen LogP contribution in [0.2, 0.25) is 0 Å². The van der Waals surface area contributed by atoms with Crippen molar-refractivity contribution in [3.05, 3.63) is 59.2 Å². The third-order valence-electron chi connectivity index (χ3n) is 7.35. The molecule has 5 rings (SSSR count). The highest BCUT2D eigenvalue weighted by molar-refractivity contribution is 7.89. The molecule has 2 fully saturated rings. The number of fused-ring (bicyclic) bond motifs is 1. The van der Waals surface area contributed by atoms with E-state index in [1.807, 2.05) is 7.05 Å². The van der Waals surface area contributed by atoms with Gasteiger partial charge in [0, 0.05) is 50.2 Å². The zero-order valence-electron chi connectivity index (χ0n) is 21.3. The molecule has 0 bridgehead atoms. The van der Waals surface area contributed by atoms with E-state index in [-0.39, 0.29) is 37.5 Å². The number of amides is 1. The number of benzene rings is 2. The summed E-state index contributed by atoms with van der Waals surface area (Å²) >= 11 is 0. The molecule has 0 spiro atoms. The maximum Gasteiger partial charge on any atom is 0.254 e. The van der Waals surface area contributed by atoms with E-state index in [0.29, 0.717) is 29.7 Å². The van der Waals surface area contributed by atoms with E-state index in [2.05, 4.69) is 9.88 Å². The Kier molecular flexibility index (Phi) is 7.19. The van der Waals surface area contributed by atoms with Crippen LogP contribution in [-0.4, -0.2) is 85.9 Å². The highest BCUT2D eigenvalue weighted by Crippen LogP contribution is 2.32. The number of aryl methyl sites for hydroxylation is 1. The molecule has 0 N–H and O–H groups in total. The number of sulfonamides is 1. The first-order valence-corrected chi connectivity index (χ1v) is 14.0. The molecule has 38 heavy (non-hydrogen) atoms. The van der Waals surface area contributed by atoms with E-state index in [1.54, 1.807) is 30.0 Å². The molecule has 0 atom stereocenters. The van der Waals surface area contributed by atoms with Gasteiger partial charge in [0.2, 0.25) is 10.0 Å². The van der Waals surface area contributed by atoms with Crippen molar-refractivity contribution in [2.75, 3.05) is 46.3 Å². The number of hydrogen-bond donors (Lipinski definition) is 0. The Morgan fingerprint density at radius 1 is 0.947 bits per heavy atom. The Morgan fingerprint density at radius 3 is 2.21 bits per heavy atom. The maximum atomic E-state index is 15.3. The molecule has 0 aliphatic carbocycles. The second-order valence-electron chi connectivity index (χ2n) is 9.99. The predicted octanol–water partition coefficient (Wildman–Crippen LogP) is 4.00. The largest absolute Gasteiger partial charge is 0.336 e. The summed E-state index contributed by atoms with van der Waals surface area (Å²) in [6.45, 7) is 4.45. The SMILES string of the molecule is Cc1cc(-c2c(F)cc(S(=O)(=O)N3CCC(F)CC3)cc2F)nc2cc(C(=O)N3CCN(C)CC3)ccc12. The van der Waals surface area contributed by atoms with Crippen molar-refractivity contribution in [1.29, 1.82) is 0 Å². The number of rotatable bonds is 4. The molecule has 2 saturated heterocycles. The zero-order valence-corrected chi connectivity index (χ0v) is 22.1. The van der Waals surface area contributed by atoms with Crippen molar-refractivity contribution >= 4 is 26.8 Å². The average molecular weight is 547 g/mol. The van der Waals surface area contributed by atoms with Crippen molar-refractivity contribution in [3.63, 3.8) is 0 Å². The van der Waals surface area contributed by atoms with Gasteiger partial charge in [0.05, 0.1) is 21.7 Å². The third-order valence-corrected chi connectivity index (χ3v) is 9.22. The van der Waals surface area contributed by atoms with Crippen molar-refractivity contribution in [1.82, 2.24) is 19.1 Å². The van der Waals surface area contributed by atoms with Crippen LogP contribution in [0.5, 0.6) is 0 Å². The summed E-state index contributed by atoms with van der Waals surface area (Å²) in [4.78, 5) is 20.9. The highest BCUT2D eigenvalue weighted by Gasteiger charge is 2.31. The number of alkyl halides is 1. The second-order valence-corrected chi connectivity index (χ2v) is 11.9. The zero-order chi connectivity index (χ0) is 27.2. The predicted molar refractivity (Wildman–Crippen MR) is 138 cm³/mol. The van der Waals surface area contributed by atoms with Gasteiger partial charge in [0.1, 0.15) is 17.8 Å². The number of nitrogens with zero attached hydrogens (tertiary/aromatic N) is 4. The molecule has 0 saturated carbocycles. The van der Waals surface area contributed by atoms with Gasteiger partial charge < -0.3 is 9.80 Å². The van der Waals surface area contributed by atoms with Gasteiger partial charge in [-0.1, -0.05) is 6.07 Å². The van der Waals surface area contributed by atoms with E-state index < -0.39 is 38.3 Å². The number of carbonyl (C=O) groups excluding carboxylic acids is 1. The molecule has 3 aromatic rings. The monoisotopic (exact) mass is 546 g/mol. The number of likely N-dealkylation sites (N-methyl/N-ethyl adjacent to an activating group) is 1. The fraction of sp³-hybridized carbons (Fsp3) is 0.407. The number of piperidine rings is 1. The Balaban J connectivity index is 1.49. The minimum absolute atomic E-state index is 0.00334. The average Bonchev–Trinajstić information content (AvgIpc) is 2.88. The summed E-state index contributed by atoms with van der Waals surface area (Å²) in [6.07, 6.45) is -0.999. The highest BCUT2D eigenvalue weighted by atomic mass is 32.2. The van der Waals surface area contributed by atoms with Gasteiger partial charge in [0.25, 0.3) is 5.91 Å². The van der Waals surface area contributed by atoms with E-state index in [4.69, 9.17) is 0 Å². The van der Waals surface area contributed by atoms with Crippen molar-refractivity contribution in [2.45, 2.75) is 30.8 Å². The molecule has 2 aliphatic rings. The van der Waals surface area contributed by atoms with Crippen LogP contribution in [0, 0.1) is 18.6 Å². The molecule has 0 unspecified atom stereocenters. The maximum absolute atomic E-state index is 15.3. The van der Waals surface area contributed by atoms with Gasteiger partial charge in [-0.05, 0) is 62.7 Å². The van der Waals surface area contributed by atoms with Crippen molar-refractivity contribution < 1.29 is 26.4 Å². The quantitative estimate of drug-likeness (QED) is 0.495. The lowest BCUT2D eigenvalue weighted by molar-refractivity contribution is 0.0664. The topological polar surface area (TPSA) is 73.8 Å². The summed E-state index contributed by atoms with van der Waals surface area (Å²) in [7, 11) is -2.18. The van der Waals surface area contributed by atoms with E-state index in [0.717, 1.165) is 34.9 Å². The molecule has 1 amide bonds. The van der Waals surface area contributed by atoms with Crippen LogP contribution in [0.15, 0.2) is 41.3 Å². The summed E-state index contributed by atoms with van der Waals surface area (Å²) in [5.74, 6) is -2.27. The summed E-state index contributed by atoms with van der Waals surface area (Å²) in [5, 5.41) is 0.736. The van der Waals surface area contributed by atoms with Crippen LogP contribution < -0.4 is 0 Å². The number of hydrogen-bond acceptors (Lipinski definition) is 5. The molecule has 7 nitrogen and oxygen atoms in total. The minimum atomic E-state index is -4.18. The van der Waals surface area contributed by atoms with Gasteiger partial charge in [-0.2, -0.15) is 4.31 Å². The fourth-order valence-electron chi connectivity index (χ4n) is 5.01. The van der Waals surface area contributed by atoms with Gasteiger partial charge >= 0.3 is 0 Å². The summed E-state index contributed by atoms with van der Waals surface area (Å²) < 4.78 is 71.0. The first kappa shape index (κ1) is 26.6. The summed E-state index contributed by atoms with van der Waals surface area (Å²) in [5.41, 5.74) is 1.09. The van der Waals surface area contributed by atoms with Crippen LogP contribution in [0.1, 0.15) is 28.8 Å². The van der Waals surface area contributed by atoms with E-state index >= 15 is 8.78 Å². The number of carbonyl (C=O) groups is 1. The first-order valence-electron chi connectivity index (χ1n) is 12.6. The molecule has 3 heterocycles. The molecule has 0 radical (unpaired) electrons. The van der Waals surface area contributed by atoms with Crippen LogP contribution >= 0.6 is 0 Å². The standard InChI is InChI=1S/C27H29F3N4O3S/c1-17-13-25(31-24-14-18(3-4-21(17)24)27(35)33-11-9-32(2)10-12-33)26-22(29)15-20(16-23(26)30)38(36,37)34-7-5-19(28)6-8-34/h3-4,13-16,19H,5-12H2,1-2H3. The van der Waals surface area contributed by atoms with Crippen LogP contribution in [-0.2, 0) is 10.0 Å². The lowest BCUT2D eigenvalue weighted by Crippen LogP contribution is -2.47. The number of halogens is 3. The molecule has 1 aromatic heterocycles. The van der Waals surface area contributed by atoms with E-state index in [1.165, 1.54) is 6.07 Å². The van der Waals surface area contributed by atoms with Crippen molar-refractivity contribution in [3.8, 4) is 11.3 Å². The Labute approximate surface area is 219 Å². The Bertz CT molecular complexity index is 1480. The van der Waals surface area contributed by atoms with Gasteiger partial charge in [-0.15, -0.1) is 0 Å². The normalized spacial score (nSPS) is 18.3. The molecule has 11 heteroatoms. The van der Waals surface area contributed by atoms with E-state index in [9.17, 15) is 17.6 Å². The first-order chi connectivity index (χ1) is 18.0. The van der Waals surface area contributed by atoms with Crippen LogP contribution in [0.25, 0.3) is 22.2 Å². The Morgan fingerprint density at radius 2 is 1.58 bits per heavy atom. The number of piperazine rings is 1. The molecular formula is C27H29F3N4O3S. The van der Waals surface area contributed by atoms with Gasteiger partial charge in [-0.3, -0.25) is 4.79 Å². The molecule has 202 valence electrons. The second kappa shape index (κ2) is 10.3. The fourth-order valence-corrected chi connectivity index (χ4v) is 6.51. The van der Waals surface area contributed by atoms with Crippen LogP contribution in [0.3, 0.4) is 0 Å². The summed E-state index contributed by atoms with van der Waals surface area (Å²) in [6, 6.07) is 8.22. The van der Waals surface area contributed by atoms with Crippen LogP contribution in [0.4, 0.5) is 13.2 Å². The van der Waals surface area contributed by atoms with Gasteiger partial charge in [0.15, 0.2) is 0 Å². The smallest absolute Gasteiger partial charge is 0.254 e. The number of aromatic nitrogens is 1. The molecule has 2 aromatic carbocycles. The molecule has 2 aliphatic heterocycles. The lowest BCUT2D eigenvalue weighted by atomic mass is 10.0. The minimum Gasteiger partial charge on any atom is -0.336 e. The van der Waals surface area contributed by atoms with Gasteiger partial charge in [-0.25, -0.2) is 26.6 Å². The molecular weight excluding hydrogens is 517 g/mol. The van der Waals surface area contributed by atoms with Crippen molar-refractivity contribution in [2.24, 2.45) is 0 Å².